The highest BCUT2D eigenvalue weighted by atomic mass is 28.4. The van der Waals surface area contributed by atoms with Crippen LogP contribution in [0.25, 0.3) is 0 Å². The van der Waals surface area contributed by atoms with Gasteiger partial charge in [-0.3, -0.25) is 19.2 Å². The zero-order valence-electron chi connectivity index (χ0n) is 21.4. The molecular weight excluding hydrogens is 456 g/mol. The van der Waals surface area contributed by atoms with E-state index >= 15 is 0 Å². The van der Waals surface area contributed by atoms with Gasteiger partial charge in [0.1, 0.15) is 6.04 Å². The molecule has 3 amide bonds. The Morgan fingerprint density at radius 2 is 1.68 bits per heavy atom. The Kier molecular flexibility index (Phi) is 12.4. The summed E-state index contributed by atoms with van der Waals surface area (Å²) >= 11 is 0. The number of rotatable bonds is 14. The van der Waals surface area contributed by atoms with E-state index < -0.39 is 38.1 Å². The van der Waals surface area contributed by atoms with Gasteiger partial charge in [0.2, 0.25) is 17.7 Å². The Morgan fingerprint density at radius 3 is 2.18 bits per heavy atom. The van der Waals surface area contributed by atoms with Crippen LogP contribution >= 0.6 is 0 Å². The van der Waals surface area contributed by atoms with Gasteiger partial charge in [-0.2, -0.15) is 0 Å². The minimum Gasteiger partial charge on any atom is -0.409 e. The van der Waals surface area contributed by atoms with Crippen LogP contribution in [0, 0.1) is 11.8 Å². The second kappa shape index (κ2) is 13.9. The summed E-state index contributed by atoms with van der Waals surface area (Å²) in [5.41, 5.74) is -0.963. The monoisotopic (exact) mass is 500 g/mol. The summed E-state index contributed by atoms with van der Waals surface area (Å²) in [5, 5.41) is 11.1. The molecular formula is C23H44N4O6Si. The van der Waals surface area contributed by atoms with E-state index in [1.54, 1.807) is 0 Å². The summed E-state index contributed by atoms with van der Waals surface area (Å²) in [6, 6.07) is -1.95. The highest BCUT2D eigenvalue weighted by Gasteiger charge is 2.42. The minimum atomic E-state index is -4.06. The highest BCUT2D eigenvalue weighted by Crippen LogP contribution is 2.21. The number of ketones is 1. The van der Waals surface area contributed by atoms with Crippen molar-refractivity contribution >= 4 is 32.1 Å². The molecule has 0 radical (unpaired) electrons. The minimum absolute atomic E-state index is 0.140. The Morgan fingerprint density at radius 1 is 1.03 bits per heavy atom. The molecule has 0 aliphatic carbocycles. The molecule has 0 spiro atoms. The molecule has 34 heavy (non-hydrogen) atoms. The lowest BCUT2D eigenvalue weighted by Gasteiger charge is -2.31. The van der Waals surface area contributed by atoms with E-state index in [1.807, 2.05) is 20.8 Å². The third-order valence-corrected chi connectivity index (χ3v) is 8.88. The Hall–Kier alpha value is -1.82. The Bertz CT molecular complexity index is 712. The zero-order chi connectivity index (χ0) is 26.1. The first kappa shape index (κ1) is 30.2. The lowest BCUT2D eigenvalue weighted by molar-refractivity contribution is -0.130. The summed E-state index contributed by atoms with van der Waals surface area (Å²) in [4.78, 5) is 71.3. The molecule has 1 fully saturated rings. The Balaban J connectivity index is 2.74. The van der Waals surface area contributed by atoms with Crippen LogP contribution in [0.1, 0.15) is 73.6 Å². The molecule has 0 bridgehead atoms. The summed E-state index contributed by atoms with van der Waals surface area (Å²) in [6.45, 7) is 11.0. The fraction of sp³-hybridized carbons (Fsp3) is 0.826. The first-order valence-electron chi connectivity index (χ1n) is 12.4. The molecule has 196 valence electrons. The van der Waals surface area contributed by atoms with Crippen LogP contribution in [0.3, 0.4) is 0 Å². The van der Waals surface area contributed by atoms with Gasteiger partial charge < -0.3 is 30.9 Å². The molecule has 11 heteroatoms. The van der Waals surface area contributed by atoms with E-state index in [1.165, 1.54) is 20.8 Å². The van der Waals surface area contributed by atoms with Crippen LogP contribution in [0.5, 0.6) is 0 Å². The van der Waals surface area contributed by atoms with E-state index in [9.17, 15) is 28.8 Å². The van der Waals surface area contributed by atoms with Crippen molar-refractivity contribution in [3.8, 4) is 0 Å². The number of amides is 3. The Labute approximate surface area is 204 Å². The third-order valence-electron chi connectivity index (χ3n) is 6.25. The predicted octanol–water partition coefficient (Wildman–Crippen LogP) is 0.250. The molecule has 6 N–H and O–H groups in total. The average Bonchev–Trinajstić information content (AvgIpc) is 3.27. The van der Waals surface area contributed by atoms with E-state index in [0.717, 1.165) is 13.0 Å². The number of carbonyl (C=O) groups excluding carboxylic acids is 4. The number of hydrogen-bond donors (Lipinski definition) is 6. The van der Waals surface area contributed by atoms with Gasteiger partial charge in [0.15, 0.2) is 5.78 Å². The lowest BCUT2D eigenvalue weighted by Crippen LogP contribution is -2.60. The van der Waals surface area contributed by atoms with Crippen LogP contribution < -0.4 is 21.3 Å². The SMILES string of the molecule is CCC[C@H](C[Si](O)(O)[C@H](C)NC(=O)[C@H](C)NC(=O)[C@H]1CCCN1)C(=O)N[C@@H](CC(C)C)C(C)=O. The third kappa shape index (κ3) is 9.81. The molecule has 0 aromatic carbocycles. The smallest absolute Gasteiger partial charge is 0.356 e. The van der Waals surface area contributed by atoms with Crippen LogP contribution in [0.15, 0.2) is 0 Å². The fourth-order valence-electron chi connectivity index (χ4n) is 4.04. The van der Waals surface area contributed by atoms with E-state index in [4.69, 9.17) is 0 Å². The topological polar surface area (TPSA) is 157 Å². The first-order chi connectivity index (χ1) is 15.8. The maximum Gasteiger partial charge on any atom is 0.356 e. The molecule has 0 unspecified atom stereocenters. The first-order valence-corrected chi connectivity index (χ1v) is 14.6. The van der Waals surface area contributed by atoms with Crippen molar-refractivity contribution in [2.24, 2.45) is 11.8 Å². The van der Waals surface area contributed by atoms with E-state index in [0.29, 0.717) is 25.7 Å². The van der Waals surface area contributed by atoms with Crippen molar-refractivity contribution < 1.29 is 28.8 Å². The standard InChI is InChI=1S/C23H44N4O6Si/c1-7-9-18(22(30)27-20(16(5)28)12-14(2)3)13-34(32,33)17(6)26-21(29)15(4)25-23(31)19-10-8-11-24-19/h14-15,17-20,24,32-33H,7-13H2,1-6H3,(H,25,31)(H,26,29)(H,27,30)/t15-,17+,18+,19+,20-/m0/s1. The van der Waals surface area contributed by atoms with E-state index in [-0.39, 0.29) is 35.6 Å². The fourth-order valence-corrected chi connectivity index (χ4v) is 5.88. The molecule has 5 atom stereocenters. The number of Topliss-reactive ketones (excluding diaryl/α,β-unsaturated/α-hetero) is 1. The maximum atomic E-state index is 12.9. The van der Waals surface area contributed by atoms with Crippen LogP contribution in [0.2, 0.25) is 6.04 Å². The van der Waals surface area contributed by atoms with Crippen molar-refractivity contribution in [2.45, 2.75) is 103 Å². The quantitative estimate of drug-likeness (QED) is 0.187. The van der Waals surface area contributed by atoms with Crippen LogP contribution in [-0.4, -0.2) is 72.0 Å². The van der Waals surface area contributed by atoms with Gasteiger partial charge in [-0.1, -0.05) is 27.2 Å². The van der Waals surface area contributed by atoms with Gasteiger partial charge in [0.05, 0.1) is 17.7 Å². The lowest BCUT2D eigenvalue weighted by atomic mass is 9.99. The molecule has 0 aromatic rings. The second-order valence-corrected chi connectivity index (χ2v) is 13.0. The van der Waals surface area contributed by atoms with Gasteiger partial charge in [-0.05, 0) is 58.9 Å². The molecule has 1 heterocycles. The summed E-state index contributed by atoms with van der Waals surface area (Å²) in [6.07, 6.45) is 3.19. The van der Waals surface area contributed by atoms with Crippen molar-refractivity contribution in [2.75, 3.05) is 6.54 Å². The predicted molar refractivity (Wildman–Crippen MR) is 132 cm³/mol. The maximum absolute atomic E-state index is 12.9. The molecule has 1 aliphatic rings. The molecule has 1 saturated heterocycles. The van der Waals surface area contributed by atoms with Gasteiger partial charge in [-0.15, -0.1) is 0 Å². The second-order valence-electron chi connectivity index (χ2n) is 9.98. The average molecular weight is 501 g/mol. The summed E-state index contributed by atoms with van der Waals surface area (Å²) in [5.74, 6) is -1.78. The number of hydrogen-bond acceptors (Lipinski definition) is 7. The van der Waals surface area contributed by atoms with Gasteiger partial charge >= 0.3 is 8.56 Å². The van der Waals surface area contributed by atoms with Gasteiger partial charge in [0.25, 0.3) is 0 Å². The van der Waals surface area contributed by atoms with E-state index in [2.05, 4.69) is 21.3 Å². The number of carbonyl (C=O) groups is 4. The van der Waals surface area contributed by atoms with Gasteiger partial charge in [-0.25, -0.2) is 0 Å². The molecule has 1 rings (SSSR count). The molecule has 0 aromatic heterocycles. The zero-order valence-corrected chi connectivity index (χ0v) is 22.4. The van der Waals surface area contributed by atoms with Crippen molar-refractivity contribution in [1.82, 2.24) is 21.3 Å². The summed E-state index contributed by atoms with van der Waals surface area (Å²) < 4.78 is 0. The largest absolute Gasteiger partial charge is 0.409 e. The molecule has 1 aliphatic heterocycles. The van der Waals surface area contributed by atoms with Crippen molar-refractivity contribution in [3.05, 3.63) is 0 Å². The normalized spacial score (nSPS) is 19.7. The van der Waals surface area contributed by atoms with Crippen molar-refractivity contribution in [1.29, 1.82) is 0 Å². The highest BCUT2D eigenvalue weighted by molar-refractivity contribution is 6.66. The molecule has 10 nitrogen and oxygen atoms in total. The van der Waals surface area contributed by atoms with Gasteiger partial charge in [0, 0.05) is 12.0 Å². The van der Waals surface area contributed by atoms with Crippen LogP contribution in [-0.2, 0) is 19.2 Å². The summed E-state index contributed by atoms with van der Waals surface area (Å²) in [7, 11) is -4.06. The van der Waals surface area contributed by atoms with Crippen molar-refractivity contribution in [3.63, 3.8) is 0 Å². The van der Waals surface area contributed by atoms with Crippen LogP contribution in [0.4, 0.5) is 0 Å². The molecule has 0 saturated carbocycles. The number of nitrogens with one attached hydrogen (secondary N) is 4.